The van der Waals surface area contributed by atoms with Crippen molar-refractivity contribution in [1.29, 1.82) is 0 Å². The van der Waals surface area contributed by atoms with E-state index in [0.717, 1.165) is 5.56 Å². The van der Waals surface area contributed by atoms with Crippen LogP contribution < -0.4 is 5.32 Å². The van der Waals surface area contributed by atoms with Crippen LogP contribution in [0.3, 0.4) is 0 Å². The number of ether oxygens (including phenoxy) is 3. The third kappa shape index (κ3) is 7.22. The van der Waals surface area contributed by atoms with E-state index in [0.29, 0.717) is 11.1 Å². The molecular formula is C24H29NO6. The molecule has 0 saturated carbocycles. The number of hydrogen-bond acceptors (Lipinski definition) is 6. The summed E-state index contributed by atoms with van der Waals surface area (Å²) >= 11 is 0. The zero-order valence-electron chi connectivity index (χ0n) is 18.5. The summed E-state index contributed by atoms with van der Waals surface area (Å²) in [4.78, 5) is 37.2. The molecule has 166 valence electrons. The van der Waals surface area contributed by atoms with E-state index in [2.05, 4.69) is 5.32 Å². The van der Waals surface area contributed by atoms with Crippen LogP contribution in [-0.2, 0) is 30.2 Å². The summed E-state index contributed by atoms with van der Waals surface area (Å²) in [5.41, 5.74) is 1.23. The number of carbonyl (C=O) groups is 3. The van der Waals surface area contributed by atoms with Gasteiger partial charge in [0, 0.05) is 13.5 Å². The molecule has 0 aliphatic carbocycles. The molecule has 2 aromatic carbocycles. The minimum absolute atomic E-state index is 0.193. The Labute approximate surface area is 182 Å². The van der Waals surface area contributed by atoms with Crippen LogP contribution in [0.4, 0.5) is 0 Å². The molecular weight excluding hydrogens is 398 g/mol. The number of methoxy groups -OCH3 is 2. The Kier molecular flexibility index (Phi) is 8.33. The van der Waals surface area contributed by atoms with Gasteiger partial charge in [-0.25, -0.2) is 9.59 Å². The summed E-state index contributed by atoms with van der Waals surface area (Å²) in [6, 6.07) is 14.8. The first-order valence-electron chi connectivity index (χ1n) is 9.93. The summed E-state index contributed by atoms with van der Waals surface area (Å²) in [6.07, 6.45) is -0.666. The summed E-state index contributed by atoms with van der Waals surface area (Å²) in [5, 5.41) is 2.70. The van der Waals surface area contributed by atoms with Crippen LogP contribution >= 0.6 is 0 Å². The Morgan fingerprint density at radius 3 is 2.06 bits per heavy atom. The summed E-state index contributed by atoms with van der Waals surface area (Å²) in [5.74, 6) is -1.45. The standard InChI is InChI=1S/C24H29NO6/c1-24(2,3)31-22(27)18-13-11-16(12-14-18)15-19(23(28)30-5)25-21(26)20(29-4)17-9-7-6-8-10-17/h6-14,19-20H,15H2,1-5H3,(H,25,26)/t19-,20-/m1/s1. The summed E-state index contributed by atoms with van der Waals surface area (Å²) < 4.78 is 15.5. The van der Waals surface area contributed by atoms with Gasteiger partial charge in [-0.05, 0) is 44.0 Å². The fourth-order valence-corrected chi connectivity index (χ4v) is 2.95. The molecule has 0 unspecified atom stereocenters. The van der Waals surface area contributed by atoms with Gasteiger partial charge in [-0.1, -0.05) is 42.5 Å². The Bertz CT molecular complexity index is 887. The quantitative estimate of drug-likeness (QED) is 0.651. The van der Waals surface area contributed by atoms with E-state index in [1.807, 2.05) is 6.07 Å². The lowest BCUT2D eigenvalue weighted by Gasteiger charge is -2.21. The molecule has 0 aromatic heterocycles. The van der Waals surface area contributed by atoms with Gasteiger partial charge in [-0.3, -0.25) is 4.79 Å². The molecule has 0 saturated heterocycles. The number of carbonyl (C=O) groups excluding carboxylic acids is 3. The van der Waals surface area contributed by atoms with Crippen LogP contribution in [0.15, 0.2) is 54.6 Å². The highest BCUT2D eigenvalue weighted by Gasteiger charge is 2.27. The third-order valence-corrected chi connectivity index (χ3v) is 4.41. The fraction of sp³-hybridized carbons (Fsp3) is 0.375. The topological polar surface area (TPSA) is 90.9 Å². The molecule has 0 bridgehead atoms. The van der Waals surface area contributed by atoms with Gasteiger partial charge in [0.2, 0.25) is 0 Å². The van der Waals surface area contributed by atoms with E-state index in [-0.39, 0.29) is 6.42 Å². The Morgan fingerprint density at radius 1 is 0.935 bits per heavy atom. The second-order valence-electron chi connectivity index (χ2n) is 8.01. The fourth-order valence-electron chi connectivity index (χ4n) is 2.95. The minimum Gasteiger partial charge on any atom is -0.467 e. The normalized spacial score (nSPS) is 13.1. The molecule has 0 aliphatic heterocycles. The maximum absolute atomic E-state index is 12.8. The number of nitrogens with one attached hydrogen (secondary N) is 1. The second kappa shape index (κ2) is 10.7. The van der Waals surface area contributed by atoms with Gasteiger partial charge >= 0.3 is 11.9 Å². The van der Waals surface area contributed by atoms with Crippen LogP contribution in [0, 0.1) is 0 Å². The SMILES string of the molecule is COC(=O)[C@@H](Cc1ccc(C(=O)OC(C)(C)C)cc1)NC(=O)[C@H](OC)c1ccccc1. The first-order chi connectivity index (χ1) is 14.6. The van der Waals surface area contributed by atoms with Crippen LogP contribution in [0.1, 0.15) is 48.4 Å². The Balaban J connectivity index is 2.12. The number of esters is 2. The van der Waals surface area contributed by atoms with Gasteiger partial charge in [0.15, 0.2) is 6.10 Å². The second-order valence-corrected chi connectivity index (χ2v) is 8.01. The van der Waals surface area contributed by atoms with Crippen molar-refractivity contribution in [3.63, 3.8) is 0 Å². The van der Waals surface area contributed by atoms with Crippen molar-refractivity contribution >= 4 is 17.8 Å². The highest BCUT2D eigenvalue weighted by atomic mass is 16.6. The van der Waals surface area contributed by atoms with Crippen molar-refractivity contribution < 1.29 is 28.6 Å². The predicted molar refractivity (Wildman–Crippen MR) is 115 cm³/mol. The molecule has 0 heterocycles. The molecule has 2 rings (SSSR count). The van der Waals surface area contributed by atoms with E-state index in [1.165, 1.54) is 14.2 Å². The van der Waals surface area contributed by atoms with E-state index in [1.54, 1.807) is 69.3 Å². The number of hydrogen-bond donors (Lipinski definition) is 1. The largest absolute Gasteiger partial charge is 0.467 e. The van der Waals surface area contributed by atoms with E-state index in [4.69, 9.17) is 14.2 Å². The molecule has 0 spiro atoms. The maximum atomic E-state index is 12.8. The third-order valence-electron chi connectivity index (χ3n) is 4.41. The molecule has 7 heteroatoms. The van der Waals surface area contributed by atoms with Crippen LogP contribution in [0.25, 0.3) is 0 Å². The molecule has 2 aromatic rings. The van der Waals surface area contributed by atoms with Gasteiger partial charge in [0.1, 0.15) is 11.6 Å². The zero-order valence-corrected chi connectivity index (χ0v) is 18.5. The van der Waals surface area contributed by atoms with Gasteiger partial charge in [-0.2, -0.15) is 0 Å². The predicted octanol–water partition coefficient (Wildman–Crippen LogP) is 3.23. The van der Waals surface area contributed by atoms with E-state index in [9.17, 15) is 14.4 Å². The van der Waals surface area contributed by atoms with Gasteiger partial charge in [0.05, 0.1) is 12.7 Å². The summed E-state index contributed by atoms with van der Waals surface area (Å²) in [7, 11) is 2.69. The van der Waals surface area contributed by atoms with E-state index < -0.39 is 35.6 Å². The zero-order chi connectivity index (χ0) is 23.0. The molecule has 7 nitrogen and oxygen atoms in total. The molecule has 0 fully saturated rings. The van der Waals surface area contributed by atoms with E-state index >= 15 is 0 Å². The van der Waals surface area contributed by atoms with Gasteiger partial charge in [0.25, 0.3) is 5.91 Å². The number of benzene rings is 2. The van der Waals surface area contributed by atoms with Crippen LogP contribution in [0.5, 0.6) is 0 Å². The summed E-state index contributed by atoms with van der Waals surface area (Å²) in [6.45, 7) is 5.39. The Hall–Kier alpha value is -3.19. The lowest BCUT2D eigenvalue weighted by molar-refractivity contribution is -0.146. The highest BCUT2D eigenvalue weighted by molar-refractivity contribution is 5.90. The van der Waals surface area contributed by atoms with Crippen molar-refractivity contribution in [2.45, 2.75) is 44.9 Å². The van der Waals surface area contributed by atoms with Crippen LogP contribution in [0.2, 0.25) is 0 Å². The minimum atomic E-state index is -0.911. The van der Waals surface area contributed by atoms with Crippen LogP contribution in [-0.4, -0.2) is 43.7 Å². The molecule has 2 atom stereocenters. The molecule has 31 heavy (non-hydrogen) atoms. The van der Waals surface area contributed by atoms with Gasteiger partial charge in [-0.15, -0.1) is 0 Å². The number of amides is 1. The van der Waals surface area contributed by atoms with Crippen molar-refractivity contribution in [2.75, 3.05) is 14.2 Å². The van der Waals surface area contributed by atoms with Gasteiger partial charge < -0.3 is 19.5 Å². The smallest absolute Gasteiger partial charge is 0.338 e. The first kappa shape index (κ1) is 24.1. The maximum Gasteiger partial charge on any atom is 0.338 e. The van der Waals surface area contributed by atoms with Crippen molar-refractivity contribution in [3.8, 4) is 0 Å². The highest BCUT2D eigenvalue weighted by Crippen LogP contribution is 2.18. The molecule has 1 amide bonds. The Morgan fingerprint density at radius 2 is 1.55 bits per heavy atom. The number of rotatable bonds is 8. The van der Waals surface area contributed by atoms with Crippen molar-refractivity contribution in [3.05, 3.63) is 71.3 Å². The monoisotopic (exact) mass is 427 g/mol. The molecule has 0 aliphatic rings. The van der Waals surface area contributed by atoms with Crippen molar-refractivity contribution in [2.24, 2.45) is 0 Å². The lowest BCUT2D eigenvalue weighted by atomic mass is 10.0. The lowest BCUT2D eigenvalue weighted by Crippen LogP contribution is -2.45. The molecule has 1 N–H and O–H groups in total. The van der Waals surface area contributed by atoms with Crippen molar-refractivity contribution in [1.82, 2.24) is 5.32 Å². The average Bonchev–Trinajstić information content (AvgIpc) is 2.73. The first-order valence-corrected chi connectivity index (χ1v) is 9.93. The molecule has 0 radical (unpaired) electrons. The average molecular weight is 427 g/mol.